The van der Waals surface area contributed by atoms with Gasteiger partial charge in [0, 0.05) is 32.4 Å². The van der Waals surface area contributed by atoms with Crippen molar-refractivity contribution in [2.45, 2.75) is 6.92 Å². The van der Waals surface area contributed by atoms with Crippen LogP contribution in [0.25, 0.3) is 0 Å². The van der Waals surface area contributed by atoms with E-state index in [4.69, 9.17) is 4.74 Å². The second kappa shape index (κ2) is 6.31. The molecule has 7 heteroatoms. The van der Waals surface area contributed by atoms with E-state index in [9.17, 15) is 9.59 Å². The molecule has 2 aliphatic heterocycles. The Morgan fingerprint density at radius 1 is 1.32 bits per heavy atom. The van der Waals surface area contributed by atoms with E-state index in [1.54, 1.807) is 18.3 Å². The summed E-state index contributed by atoms with van der Waals surface area (Å²) in [5.74, 6) is 0.708. The molecule has 1 saturated heterocycles. The van der Waals surface area contributed by atoms with Crippen LogP contribution >= 0.6 is 0 Å². The number of amides is 2. The van der Waals surface area contributed by atoms with Crippen molar-refractivity contribution in [3.63, 3.8) is 0 Å². The molecule has 3 heterocycles. The molecule has 2 aliphatic rings. The Morgan fingerprint density at radius 3 is 2.82 bits per heavy atom. The van der Waals surface area contributed by atoms with Crippen molar-refractivity contribution in [2.24, 2.45) is 0 Å². The molecule has 0 unspecified atom stereocenters. The quantitative estimate of drug-likeness (QED) is 0.785. The number of nitrogens with zero attached hydrogens (tertiary/aromatic N) is 4. The number of likely N-dealkylation sites (N-methyl/N-ethyl adjacent to an activating group) is 1. The number of hydrogen-bond donors (Lipinski definition) is 0. The van der Waals surface area contributed by atoms with Gasteiger partial charge in [-0.2, -0.15) is 0 Å². The van der Waals surface area contributed by atoms with Crippen molar-refractivity contribution in [3.8, 4) is 5.75 Å². The normalized spacial score (nSPS) is 18.9. The van der Waals surface area contributed by atoms with Crippen LogP contribution in [0.1, 0.15) is 6.92 Å². The molecule has 1 aromatic heterocycles. The number of carbonyl (C=O) groups excluding carboxylic acids is 2. The Bertz CT molecular complexity index is 570. The number of anilines is 1. The minimum absolute atomic E-state index is 0.0261. The molecule has 1 fully saturated rings. The van der Waals surface area contributed by atoms with Crippen molar-refractivity contribution in [1.82, 2.24) is 14.8 Å². The Balaban J connectivity index is 1.68. The summed E-state index contributed by atoms with van der Waals surface area (Å²) in [4.78, 5) is 34.2. The molecule has 0 spiro atoms. The first-order valence-corrected chi connectivity index (χ1v) is 7.57. The molecular weight excluding hydrogens is 284 g/mol. The van der Waals surface area contributed by atoms with Crippen LogP contribution < -0.4 is 9.64 Å². The molecule has 0 aliphatic carbocycles. The highest BCUT2D eigenvalue weighted by Gasteiger charge is 2.30. The maximum absolute atomic E-state index is 12.5. The van der Waals surface area contributed by atoms with Gasteiger partial charge in [-0.3, -0.25) is 14.5 Å². The summed E-state index contributed by atoms with van der Waals surface area (Å²) in [5, 5.41) is 0. The monoisotopic (exact) mass is 304 g/mol. The first-order chi connectivity index (χ1) is 10.7. The molecule has 0 N–H and O–H groups in total. The Morgan fingerprint density at radius 2 is 2.09 bits per heavy atom. The highest BCUT2D eigenvalue weighted by Crippen LogP contribution is 2.28. The van der Waals surface area contributed by atoms with Crippen LogP contribution in [0, 0.1) is 0 Å². The van der Waals surface area contributed by atoms with Crippen LogP contribution in [0.5, 0.6) is 5.75 Å². The van der Waals surface area contributed by atoms with Crippen molar-refractivity contribution in [2.75, 3.05) is 50.8 Å². The van der Waals surface area contributed by atoms with Crippen molar-refractivity contribution < 1.29 is 14.3 Å². The van der Waals surface area contributed by atoms with E-state index >= 15 is 0 Å². The molecule has 0 radical (unpaired) electrons. The zero-order valence-corrected chi connectivity index (χ0v) is 12.7. The van der Waals surface area contributed by atoms with Gasteiger partial charge in [0.05, 0.1) is 0 Å². The molecule has 0 saturated carbocycles. The number of aromatic nitrogens is 1. The van der Waals surface area contributed by atoms with Gasteiger partial charge in [0.1, 0.15) is 6.54 Å². The number of rotatable bonds is 3. The summed E-state index contributed by atoms with van der Waals surface area (Å²) in [7, 11) is 0. The summed E-state index contributed by atoms with van der Waals surface area (Å²) < 4.78 is 5.34. The maximum Gasteiger partial charge on any atom is 0.266 e. The zero-order valence-electron chi connectivity index (χ0n) is 12.7. The molecule has 1 aromatic rings. The summed E-state index contributed by atoms with van der Waals surface area (Å²) in [6.45, 7) is 6.28. The van der Waals surface area contributed by atoms with Gasteiger partial charge >= 0.3 is 0 Å². The van der Waals surface area contributed by atoms with Crippen LogP contribution in [0.3, 0.4) is 0 Å². The van der Waals surface area contributed by atoms with E-state index in [-0.39, 0.29) is 25.0 Å². The number of hydrogen-bond acceptors (Lipinski definition) is 5. The number of pyridine rings is 1. The van der Waals surface area contributed by atoms with Crippen LogP contribution in [-0.4, -0.2) is 72.5 Å². The van der Waals surface area contributed by atoms with Gasteiger partial charge < -0.3 is 14.5 Å². The van der Waals surface area contributed by atoms with Gasteiger partial charge in [-0.05, 0) is 18.7 Å². The van der Waals surface area contributed by atoms with Crippen LogP contribution in [0.2, 0.25) is 0 Å². The van der Waals surface area contributed by atoms with Crippen molar-refractivity contribution in [1.29, 1.82) is 0 Å². The first-order valence-electron chi connectivity index (χ1n) is 7.57. The lowest BCUT2D eigenvalue weighted by Crippen LogP contribution is -2.52. The number of ether oxygens (including phenoxy) is 1. The largest absolute Gasteiger partial charge is 0.480 e. The number of fused-ring (bicyclic) bond motifs is 1. The highest BCUT2D eigenvalue weighted by molar-refractivity contribution is 6.01. The lowest BCUT2D eigenvalue weighted by Gasteiger charge is -2.35. The lowest BCUT2D eigenvalue weighted by molar-refractivity contribution is -0.133. The van der Waals surface area contributed by atoms with Crippen LogP contribution in [-0.2, 0) is 9.59 Å². The van der Waals surface area contributed by atoms with E-state index in [0.717, 1.165) is 19.6 Å². The van der Waals surface area contributed by atoms with Crippen LogP contribution in [0.15, 0.2) is 18.3 Å². The van der Waals surface area contributed by atoms with E-state index in [2.05, 4.69) is 16.8 Å². The number of carbonyl (C=O) groups is 2. The summed E-state index contributed by atoms with van der Waals surface area (Å²) >= 11 is 0. The minimum Gasteiger partial charge on any atom is -0.480 e. The molecule has 7 nitrogen and oxygen atoms in total. The van der Waals surface area contributed by atoms with Crippen LogP contribution in [0.4, 0.5) is 5.82 Å². The van der Waals surface area contributed by atoms with Gasteiger partial charge in [-0.25, -0.2) is 4.98 Å². The second-order valence-corrected chi connectivity index (χ2v) is 5.41. The molecule has 2 amide bonds. The van der Waals surface area contributed by atoms with Gasteiger partial charge in [0.15, 0.2) is 18.2 Å². The van der Waals surface area contributed by atoms with Gasteiger partial charge in [0.25, 0.3) is 5.91 Å². The van der Waals surface area contributed by atoms with Crippen molar-refractivity contribution in [3.05, 3.63) is 18.3 Å². The molecule has 3 rings (SSSR count). The third kappa shape index (κ3) is 2.89. The van der Waals surface area contributed by atoms with Gasteiger partial charge in [0.2, 0.25) is 5.91 Å². The topological polar surface area (TPSA) is 66.0 Å². The molecular formula is C15H20N4O3. The fourth-order valence-corrected chi connectivity index (χ4v) is 2.74. The Kier molecular flexibility index (Phi) is 4.24. The molecule has 0 aromatic carbocycles. The van der Waals surface area contributed by atoms with Gasteiger partial charge in [-0.1, -0.05) is 6.92 Å². The predicted octanol–water partition coefficient (Wildman–Crippen LogP) is -0.0289. The predicted molar refractivity (Wildman–Crippen MR) is 80.8 cm³/mol. The summed E-state index contributed by atoms with van der Waals surface area (Å²) in [6.07, 6.45) is 1.60. The third-order valence-corrected chi connectivity index (χ3v) is 4.12. The average Bonchev–Trinajstić information content (AvgIpc) is 2.57. The van der Waals surface area contributed by atoms with E-state index in [1.807, 2.05) is 4.90 Å². The van der Waals surface area contributed by atoms with E-state index < -0.39 is 0 Å². The van der Waals surface area contributed by atoms with Crippen molar-refractivity contribution >= 4 is 17.6 Å². The first kappa shape index (κ1) is 14.8. The smallest absolute Gasteiger partial charge is 0.266 e. The van der Waals surface area contributed by atoms with E-state index in [0.29, 0.717) is 24.7 Å². The number of piperazine rings is 1. The SMILES string of the molecule is CCN1CCN(C(=O)CN2C(=O)COc3cccnc32)CC1. The second-order valence-electron chi connectivity index (χ2n) is 5.41. The fourth-order valence-electron chi connectivity index (χ4n) is 2.74. The molecule has 0 bridgehead atoms. The minimum atomic E-state index is -0.230. The molecule has 22 heavy (non-hydrogen) atoms. The third-order valence-electron chi connectivity index (χ3n) is 4.12. The van der Waals surface area contributed by atoms with E-state index in [1.165, 1.54) is 4.90 Å². The Labute approximate surface area is 129 Å². The molecule has 0 atom stereocenters. The summed E-state index contributed by atoms with van der Waals surface area (Å²) in [6, 6.07) is 3.50. The van der Waals surface area contributed by atoms with Gasteiger partial charge in [-0.15, -0.1) is 0 Å². The lowest BCUT2D eigenvalue weighted by atomic mass is 10.2. The Hall–Kier alpha value is -2.15. The average molecular weight is 304 g/mol. The highest BCUT2D eigenvalue weighted by atomic mass is 16.5. The summed E-state index contributed by atoms with van der Waals surface area (Å²) in [5.41, 5.74) is 0. The zero-order chi connectivity index (χ0) is 15.5. The standard InChI is InChI=1S/C15H20N4O3/c1-2-17-6-8-18(9-7-17)13(20)10-19-14(21)11-22-12-4-3-5-16-15(12)19/h3-5H,2,6-11H2,1H3. The maximum atomic E-state index is 12.5. The fraction of sp³-hybridized carbons (Fsp3) is 0.533. The molecule has 118 valence electrons.